The quantitative estimate of drug-likeness (QED) is 0.502. The Morgan fingerprint density at radius 2 is 1.51 bits per heavy atom. The second-order valence-corrected chi connectivity index (χ2v) is 13.9. The SMILES string of the molecule is CNC(=O)[C@H](C)N(Cc1ccc(F)cc1)C(=O)CN(c1ccc(C23CC4CC(CC(C4)C2)C3)cc1)S(C)(=O)=O. The Morgan fingerprint density at radius 3 is 2.00 bits per heavy atom. The molecule has 6 rings (SSSR count). The zero-order chi connectivity index (χ0) is 27.9. The van der Waals surface area contributed by atoms with Crippen LogP contribution in [-0.4, -0.2) is 51.0 Å². The average molecular weight is 556 g/mol. The van der Waals surface area contributed by atoms with E-state index in [-0.39, 0.29) is 17.9 Å². The van der Waals surface area contributed by atoms with E-state index < -0.39 is 34.3 Å². The van der Waals surface area contributed by atoms with Crippen LogP contribution in [0.15, 0.2) is 48.5 Å². The van der Waals surface area contributed by atoms with E-state index in [2.05, 4.69) is 17.4 Å². The number of nitrogens with zero attached hydrogens (tertiary/aromatic N) is 2. The largest absolute Gasteiger partial charge is 0.357 e. The van der Waals surface area contributed by atoms with Crippen LogP contribution in [0.25, 0.3) is 0 Å². The predicted molar refractivity (Wildman–Crippen MR) is 149 cm³/mol. The van der Waals surface area contributed by atoms with Crippen LogP contribution in [0.4, 0.5) is 10.1 Å². The smallest absolute Gasteiger partial charge is 0.244 e. The zero-order valence-corrected chi connectivity index (χ0v) is 23.7. The second-order valence-electron chi connectivity index (χ2n) is 12.0. The maximum absolute atomic E-state index is 13.6. The van der Waals surface area contributed by atoms with E-state index >= 15 is 0 Å². The molecule has 1 N–H and O–H groups in total. The molecule has 4 bridgehead atoms. The summed E-state index contributed by atoms with van der Waals surface area (Å²) in [4.78, 5) is 27.4. The van der Waals surface area contributed by atoms with E-state index in [0.717, 1.165) is 28.3 Å². The number of sulfonamides is 1. The van der Waals surface area contributed by atoms with Gasteiger partial charge in [0, 0.05) is 13.6 Å². The fourth-order valence-corrected chi connectivity index (χ4v) is 8.49. The van der Waals surface area contributed by atoms with Gasteiger partial charge in [0.05, 0.1) is 11.9 Å². The number of amides is 2. The predicted octanol–water partition coefficient (Wildman–Crippen LogP) is 4.22. The number of anilines is 1. The minimum absolute atomic E-state index is 0.0380. The highest BCUT2D eigenvalue weighted by molar-refractivity contribution is 7.92. The Bertz CT molecular complexity index is 1290. The number of halogens is 1. The van der Waals surface area contributed by atoms with Gasteiger partial charge < -0.3 is 10.2 Å². The van der Waals surface area contributed by atoms with Crippen molar-refractivity contribution in [2.75, 3.05) is 24.2 Å². The number of carbonyl (C=O) groups excluding carboxylic acids is 2. The summed E-state index contributed by atoms with van der Waals surface area (Å²) in [5, 5.41) is 2.55. The summed E-state index contributed by atoms with van der Waals surface area (Å²) in [6.45, 7) is 1.18. The topological polar surface area (TPSA) is 86.8 Å². The molecule has 4 saturated carbocycles. The van der Waals surface area contributed by atoms with Gasteiger partial charge in [0.1, 0.15) is 18.4 Å². The van der Waals surface area contributed by atoms with Crippen molar-refractivity contribution in [3.63, 3.8) is 0 Å². The van der Waals surface area contributed by atoms with Gasteiger partial charge in [0.2, 0.25) is 21.8 Å². The molecule has 0 radical (unpaired) electrons. The van der Waals surface area contributed by atoms with Crippen LogP contribution < -0.4 is 9.62 Å². The molecule has 2 amide bonds. The van der Waals surface area contributed by atoms with E-state index in [0.29, 0.717) is 11.3 Å². The summed E-state index contributed by atoms with van der Waals surface area (Å²) in [6, 6.07) is 12.5. The highest BCUT2D eigenvalue weighted by Gasteiger charge is 2.51. The molecule has 39 heavy (non-hydrogen) atoms. The number of hydrogen-bond acceptors (Lipinski definition) is 4. The van der Waals surface area contributed by atoms with E-state index in [1.807, 2.05) is 12.1 Å². The Morgan fingerprint density at radius 1 is 0.974 bits per heavy atom. The summed E-state index contributed by atoms with van der Waals surface area (Å²) in [5.74, 6) is 1.10. The Hall–Kier alpha value is -2.94. The summed E-state index contributed by atoms with van der Waals surface area (Å²) < 4.78 is 40.3. The first kappa shape index (κ1) is 27.6. The van der Waals surface area contributed by atoms with Gasteiger partial charge in [0.25, 0.3) is 0 Å². The first-order chi connectivity index (χ1) is 18.5. The molecule has 0 heterocycles. The van der Waals surface area contributed by atoms with Crippen LogP contribution in [0, 0.1) is 23.6 Å². The molecule has 210 valence electrons. The van der Waals surface area contributed by atoms with Crippen molar-refractivity contribution in [1.82, 2.24) is 10.2 Å². The summed E-state index contributed by atoms with van der Waals surface area (Å²) in [7, 11) is -2.32. The number of benzene rings is 2. The first-order valence-corrected chi connectivity index (χ1v) is 15.7. The summed E-state index contributed by atoms with van der Waals surface area (Å²) in [5.41, 5.74) is 2.52. The number of nitrogens with one attached hydrogen (secondary N) is 1. The lowest BCUT2D eigenvalue weighted by molar-refractivity contribution is -0.139. The van der Waals surface area contributed by atoms with Crippen molar-refractivity contribution in [2.45, 2.75) is 63.5 Å². The minimum atomic E-state index is -3.80. The van der Waals surface area contributed by atoms with Crippen molar-refractivity contribution in [3.05, 3.63) is 65.5 Å². The molecular formula is C30H38FN3O4S. The minimum Gasteiger partial charge on any atom is -0.357 e. The molecule has 7 nitrogen and oxygen atoms in total. The highest BCUT2D eigenvalue weighted by atomic mass is 32.2. The maximum Gasteiger partial charge on any atom is 0.244 e. The summed E-state index contributed by atoms with van der Waals surface area (Å²) >= 11 is 0. The standard InChI is InChI=1S/C30H38FN3O4S/c1-20(29(36)32-2)33(18-21-4-8-26(31)9-5-21)28(35)19-34(39(3,37)38)27-10-6-25(7-11-27)30-15-22-12-23(16-30)14-24(13-22)17-30/h4-11,20,22-24H,12-19H2,1-3H3,(H,32,36)/t20-,22?,23?,24?,30?/m0/s1. The van der Waals surface area contributed by atoms with Gasteiger partial charge in [-0.2, -0.15) is 0 Å². The van der Waals surface area contributed by atoms with Crippen LogP contribution in [0.1, 0.15) is 56.6 Å². The van der Waals surface area contributed by atoms with Crippen LogP contribution in [-0.2, 0) is 31.6 Å². The Labute approximate surface area is 230 Å². The van der Waals surface area contributed by atoms with Crippen LogP contribution >= 0.6 is 0 Å². The first-order valence-electron chi connectivity index (χ1n) is 13.8. The van der Waals surface area contributed by atoms with Gasteiger partial charge >= 0.3 is 0 Å². The van der Waals surface area contributed by atoms with E-state index in [1.165, 1.54) is 68.2 Å². The lowest BCUT2D eigenvalue weighted by atomic mass is 9.48. The normalized spacial score (nSPS) is 26.2. The summed E-state index contributed by atoms with van der Waals surface area (Å²) in [6.07, 6.45) is 8.77. The lowest BCUT2D eigenvalue weighted by Gasteiger charge is -2.57. The maximum atomic E-state index is 13.6. The third-order valence-corrected chi connectivity index (χ3v) is 10.3. The number of rotatable bonds is 9. The molecule has 0 aromatic heterocycles. The molecule has 4 fully saturated rings. The van der Waals surface area contributed by atoms with Gasteiger partial charge in [-0.3, -0.25) is 13.9 Å². The van der Waals surface area contributed by atoms with Crippen molar-refractivity contribution >= 4 is 27.5 Å². The number of hydrogen-bond donors (Lipinski definition) is 1. The Kier molecular flexibility index (Phi) is 7.48. The van der Waals surface area contributed by atoms with Gasteiger partial charge in [-0.1, -0.05) is 24.3 Å². The molecule has 2 aromatic rings. The fraction of sp³-hybridized carbons (Fsp3) is 0.533. The molecule has 0 aliphatic heterocycles. The highest BCUT2D eigenvalue weighted by Crippen LogP contribution is 2.60. The monoisotopic (exact) mass is 555 g/mol. The third-order valence-electron chi connectivity index (χ3n) is 9.16. The Balaban J connectivity index is 1.38. The van der Waals surface area contributed by atoms with Crippen LogP contribution in [0.3, 0.4) is 0 Å². The van der Waals surface area contributed by atoms with Crippen LogP contribution in [0.5, 0.6) is 0 Å². The van der Waals surface area contributed by atoms with Gasteiger partial charge in [-0.25, -0.2) is 12.8 Å². The number of likely N-dealkylation sites (N-methyl/N-ethyl adjacent to an activating group) is 1. The molecular weight excluding hydrogens is 517 g/mol. The van der Waals surface area contributed by atoms with Crippen molar-refractivity contribution in [2.24, 2.45) is 17.8 Å². The molecule has 1 atom stereocenters. The van der Waals surface area contributed by atoms with Gasteiger partial charge in [-0.05, 0) is 104 Å². The van der Waals surface area contributed by atoms with E-state index in [9.17, 15) is 22.4 Å². The average Bonchev–Trinajstić information content (AvgIpc) is 2.89. The lowest BCUT2D eigenvalue weighted by Crippen LogP contribution is -2.50. The molecule has 0 spiro atoms. The van der Waals surface area contributed by atoms with Gasteiger partial charge in [0.15, 0.2) is 0 Å². The third kappa shape index (κ3) is 5.69. The molecule has 2 aromatic carbocycles. The van der Waals surface area contributed by atoms with Gasteiger partial charge in [-0.15, -0.1) is 0 Å². The molecule has 0 unspecified atom stereocenters. The second kappa shape index (κ2) is 10.6. The zero-order valence-electron chi connectivity index (χ0n) is 22.9. The van der Waals surface area contributed by atoms with Crippen molar-refractivity contribution in [3.8, 4) is 0 Å². The molecule has 9 heteroatoms. The van der Waals surface area contributed by atoms with Crippen molar-refractivity contribution in [1.29, 1.82) is 0 Å². The number of carbonyl (C=O) groups is 2. The fourth-order valence-electron chi connectivity index (χ4n) is 7.64. The van der Waals surface area contributed by atoms with Crippen molar-refractivity contribution < 1.29 is 22.4 Å². The van der Waals surface area contributed by atoms with E-state index in [1.54, 1.807) is 19.1 Å². The van der Waals surface area contributed by atoms with Crippen LogP contribution in [0.2, 0.25) is 0 Å². The molecule has 4 aliphatic carbocycles. The molecule has 0 saturated heterocycles. The molecule has 4 aliphatic rings. The van der Waals surface area contributed by atoms with E-state index in [4.69, 9.17) is 0 Å².